The predicted molar refractivity (Wildman–Crippen MR) is 116 cm³/mol. The Balaban J connectivity index is 1.57. The van der Waals surface area contributed by atoms with Crippen LogP contribution in [0.25, 0.3) is 21.9 Å². The summed E-state index contributed by atoms with van der Waals surface area (Å²) in [7, 11) is 0. The SMILES string of the molecule is CCC(=O)N1CCC(C(C)(O)c2ccc(-c3ccc4cnccc4c3)cc2F)CC1. The molecule has 3 aromatic rings. The lowest BCUT2D eigenvalue weighted by Gasteiger charge is -2.40. The number of nitrogens with zero attached hydrogens (tertiary/aromatic N) is 2. The molecule has 0 aliphatic carbocycles. The molecule has 0 bridgehead atoms. The zero-order valence-electron chi connectivity index (χ0n) is 17.4. The molecule has 5 heteroatoms. The van der Waals surface area contributed by atoms with Crippen LogP contribution in [0.2, 0.25) is 0 Å². The highest BCUT2D eigenvalue weighted by Gasteiger charge is 2.38. The smallest absolute Gasteiger partial charge is 0.222 e. The summed E-state index contributed by atoms with van der Waals surface area (Å²) in [6.45, 7) is 4.77. The van der Waals surface area contributed by atoms with Gasteiger partial charge in [0.1, 0.15) is 5.82 Å². The maximum Gasteiger partial charge on any atom is 0.222 e. The molecule has 0 spiro atoms. The Hall–Kier alpha value is -2.79. The van der Waals surface area contributed by atoms with Crippen LogP contribution in [-0.2, 0) is 10.4 Å². The van der Waals surface area contributed by atoms with Crippen LogP contribution in [0.1, 0.15) is 38.7 Å². The lowest BCUT2D eigenvalue weighted by atomic mass is 9.77. The number of hydrogen-bond acceptors (Lipinski definition) is 3. The van der Waals surface area contributed by atoms with Gasteiger partial charge >= 0.3 is 0 Å². The van der Waals surface area contributed by atoms with E-state index in [4.69, 9.17) is 0 Å². The maximum absolute atomic E-state index is 15.1. The van der Waals surface area contributed by atoms with E-state index >= 15 is 4.39 Å². The average Bonchev–Trinajstić information content (AvgIpc) is 2.78. The molecule has 4 rings (SSSR count). The summed E-state index contributed by atoms with van der Waals surface area (Å²) in [6.07, 6.45) is 5.37. The molecule has 1 atom stereocenters. The van der Waals surface area contributed by atoms with Crippen molar-refractivity contribution < 1.29 is 14.3 Å². The summed E-state index contributed by atoms with van der Waals surface area (Å²) in [5.74, 6) is -0.360. The Morgan fingerprint density at radius 1 is 1.13 bits per heavy atom. The maximum atomic E-state index is 15.1. The molecule has 2 aromatic carbocycles. The van der Waals surface area contributed by atoms with E-state index in [9.17, 15) is 9.90 Å². The number of amides is 1. The van der Waals surface area contributed by atoms with Crippen molar-refractivity contribution in [3.05, 3.63) is 66.2 Å². The van der Waals surface area contributed by atoms with E-state index < -0.39 is 11.4 Å². The van der Waals surface area contributed by atoms with Crippen LogP contribution >= 0.6 is 0 Å². The summed E-state index contributed by atoms with van der Waals surface area (Å²) < 4.78 is 15.1. The van der Waals surface area contributed by atoms with Gasteiger partial charge in [-0.3, -0.25) is 9.78 Å². The monoisotopic (exact) mass is 406 g/mol. The van der Waals surface area contributed by atoms with Gasteiger partial charge in [0.15, 0.2) is 0 Å². The molecule has 1 aromatic heterocycles. The molecular weight excluding hydrogens is 379 g/mol. The number of piperidine rings is 1. The number of benzene rings is 2. The molecule has 1 aliphatic heterocycles. The van der Waals surface area contributed by atoms with Crippen LogP contribution < -0.4 is 0 Å². The minimum atomic E-state index is -1.28. The third kappa shape index (κ3) is 3.82. The molecule has 1 saturated heterocycles. The highest BCUT2D eigenvalue weighted by Crippen LogP contribution is 2.38. The van der Waals surface area contributed by atoms with Crippen LogP contribution in [0.4, 0.5) is 4.39 Å². The highest BCUT2D eigenvalue weighted by atomic mass is 19.1. The van der Waals surface area contributed by atoms with Crippen LogP contribution in [0.15, 0.2) is 54.9 Å². The third-order valence-corrected chi connectivity index (χ3v) is 6.43. The van der Waals surface area contributed by atoms with Gasteiger partial charge in [-0.1, -0.05) is 31.2 Å². The molecule has 1 amide bonds. The van der Waals surface area contributed by atoms with Gasteiger partial charge in [-0.25, -0.2) is 4.39 Å². The number of halogens is 1. The zero-order valence-corrected chi connectivity index (χ0v) is 17.4. The molecule has 1 N–H and O–H groups in total. The molecule has 156 valence electrons. The van der Waals surface area contributed by atoms with Crippen LogP contribution in [-0.4, -0.2) is 34.0 Å². The molecule has 1 unspecified atom stereocenters. The lowest BCUT2D eigenvalue weighted by Crippen LogP contribution is -2.44. The molecule has 1 fully saturated rings. The van der Waals surface area contributed by atoms with Crippen LogP contribution in [0.5, 0.6) is 0 Å². The van der Waals surface area contributed by atoms with E-state index in [-0.39, 0.29) is 11.8 Å². The summed E-state index contributed by atoms with van der Waals surface area (Å²) in [5, 5.41) is 13.3. The van der Waals surface area contributed by atoms with Gasteiger partial charge in [0.25, 0.3) is 0 Å². The van der Waals surface area contributed by atoms with E-state index in [1.165, 1.54) is 6.07 Å². The summed E-state index contributed by atoms with van der Waals surface area (Å²) in [5.41, 5.74) is 0.731. The van der Waals surface area contributed by atoms with Crippen molar-refractivity contribution in [3.63, 3.8) is 0 Å². The first-order valence-corrected chi connectivity index (χ1v) is 10.5. The van der Waals surface area contributed by atoms with Crippen molar-refractivity contribution in [2.24, 2.45) is 5.92 Å². The van der Waals surface area contributed by atoms with E-state index in [0.717, 1.165) is 21.9 Å². The number of pyridine rings is 1. The zero-order chi connectivity index (χ0) is 21.3. The fraction of sp³-hybridized carbons (Fsp3) is 0.360. The third-order valence-electron chi connectivity index (χ3n) is 6.43. The molecular formula is C25H27FN2O2. The van der Waals surface area contributed by atoms with Crippen molar-refractivity contribution in [2.75, 3.05) is 13.1 Å². The van der Waals surface area contributed by atoms with Crippen molar-refractivity contribution in [1.29, 1.82) is 0 Å². The number of rotatable bonds is 4. The molecule has 0 radical (unpaired) electrons. The minimum absolute atomic E-state index is 0.0908. The second-order valence-electron chi connectivity index (χ2n) is 8.29. The van der Waals surface area contributed by atoms with Crippen LogP contribution in [0.3, 0.4) is 0 Å². The fourth-order valence-electron chi connectivity index (χ4n) is 4.50. The summed E-state index contributed by atoms with van der Waals surface area (Å²) >= 11 is 0. The minimum Gasteiger partial charge on any atom is -0.385 e. The fourth-order valence-corrected chi connectivity index (χ4v) is 4.50. The molecule has 30 heavy (non-hydrogen) atoms. The first-order chi connectivity index (χ1) is 14.4. The van der Waals surface area contributed by atoms with E-state index in [1.807, 2.05) is 42.2 Å². The van der Waals surface area contributed by atoms with Gasteiger partial charge in [-0.05, 0) is 60.4 Å². The molecule has 1 aliphatic rings. The van der Waals surface area contributed by atoms with Gasteiger partial charge in [0.05, 0.1) is 5.60 Å². The van der Waals surface area contributed by atoms with Crippen molar-refractivity contribution in [3.8, 4) is 11.1 Å². The van der Waals surface area contributed by atoms with Gasteiger partial charge in [-0.2, -0.15) is 0 Å². The Labute approximate surface area is 176 Å². The normalized spacial score (nSPS) is 17.1. The molecule has 0 saturated carbocycles. The van der Waals surface area contributed by atoms with Crippen molar-refractivity contribution >= 4 is 16.7 Å². The second-order valence-corrected chi connectivity index (χ2v) is 8.29. The number of carbonyl (C=O) groups excluding carboxylic acids is 1. The topological polar surface area (TPSA) is 53.4 Å². The molecule has 4 nitrogen and oxygen atoms in total. The molecule has 2 heterocycles. The number of aliphatic hydroxyl groups is 1. The van der Waals surface area contributed by atoms with Gasteiger partial charge in [-0.15, -0.1) is 0 Å². The Kier molecular flexibility index (Phi) is 5.56. The first kappa shape index (κ1) is 20.5. The number of fused-ring (bicyclic) bond motifs is 1. The van der Waals surface area contributed by atoms with Gasteiger partial charge < -0.3 is 10.0 Å². The first-order valence-electron chi connectivity index (χ1n) is 10.5. The number of hydrogen-bond donors (Lipinski definition) is 1. The lowest BCUT2D eigenvalue weighted by molar-refractivity contribution is -0.134. The van der Waals surface area contributed by atoms with E-state index in [1.54, 1.807) is 25.4 Å². The van der Waals surface area contributed by atoms with Gasteiger partial charge in [0.2, 0.25) is 5.91 Å². The van der Waals surface area contributed by atoms with E-state index in [0.29, 0.717) is 37.9 Å². The summed E-state index contributed by atoms with van der Waals surface area (Å²) in [6, 6.07) is 13.0. The quantitative estimate of drug-likeness (QED) is 0.671. The number of carbonyl (C=O) groups is 1. The standard InChI is InChI=1S/C25H27FN2O2/c1-3-24(29)28-12-9-21(10-13-28)25(2,30)22-7-6-18(15-23(22)26)17-4-5-20-16-27-11-8-19(20)14-17/h4-8,11,14-16,21,30H,3,9-10,12-13H2,1-2H3. The Morgan fingerprint density at radius 3 is 2.53 bits per heavy atom. The predicted octanol–water partition coefficient (Wildman–Crippen LogP) is 4.90. The van der Waals surface area contributed by atoms with E-state index in [2.05, 4.69) is 4.98 Å². The average molecular weight is 407 g/mol. The Bertz CT molecular complexity index is 1070. The summed E-state index contributed by atoms with van der Waals surface area (Å²) in [4.78, 5) is 17.9. The number of likely N-dealkylation sites (tertiary alicyclic amines) is 1. The highest BCUT2D eigenvalue weighted by molar-refractivity contribution is 5.86. The largest absolute Gasteiger partial charge is 0.385 e. The van der Waals surface area contributed by atoms with Crippen LogP contribution in [0, 0.1) is 11.7 Å². The number of aromatic nitrogens is 1. The Morgan fingerprint density at radius 2 is 1.83 bits per heavy atom. The second kappa shape index (κ2) is 8.15. The van der Waals surface area contributed by atoms with Crippen molar-refractivity contribution in [2.45, 2.75) is 38.7 Å². The van der Waals surface area contributed by atoms with Gasteiger partial charge in [0, 0.05) is 42.9 Å². The van der Waals surface area contributed by atoms with Crippen molar-refractivity contribution in [1.82, 2.24) is 9.88 Å².